The SMILES string of the molecule is CN=C(NCc1cccc2cccnc12)N1CCOC(c2ccccc2C)C1. The molecule has 4 rings (SSSR count). The van der Waals surface area contributed by atoms with Gasteiger partial charge in [-0.15, -0.1) is 0 Å². The number of hydrogen-bond acceptors (Lipinski definition) is 3. The Labute approximate surface area is 166 Å². The summed E-state index contributed by atoms with van der Waals surface area (Å²) in [5.41, 5.74) is 4.72. The molecule has 1 aromatic heterocycles. The minimum atomic E-state index is 0.0627. The number of fused-ring (bicyclic) bond motifs is 1. The van der Waals surface area contributed by atoms with E-state index in [9.17, 15) is 0 Å². The molecule has 5 heteroatoms. The van der Waals surface area contributed by atoms with Crippen molar-refractivity contribution in [3.8, 4) is 0 Å². The minimum Gasteiger partial charge on any atom is -0.370 e. The van der Waals surface area contributed by atoms with Gasteiger partial charge in [-0.3, -0.25) is 9.98 Å². The number of morpholine rings is 1. The van der Waals surface area contributed by atoms with Crippen molar-refractivity contribution in [1.82, 2.24) is 15.2 Å². The molecule has 144 valence electrons. The molecule has 1 unspecified atom stereocenters. The van der Waals surface area contributed by atoms with Crippen LogP contribution in [0.5, 0.6) is 0 Å². The van der Waals surface area contributed by atoms with E-state index in [0.717, 1.165) is 30.0 Å². The maximum atomic E-state index is 6.06. The molecule has 1 saturated heterocycles. The third-order valence-electron chi connectivity index (χ3n) is 5.27. The Morgan fingerprint density at radius 1 is 1.18 bits per heavy atom. The summed E-state index contributed by atoms with van der Waals surface area (Å²) in [7, 11) is 1.84. The molecular weight excluding hydrogens is 348 g/mol. The van der Waals surface area contributed by atoms with Crippen LogP contribution < -0.4 is 5.32 Å². The number of para-hydroxylation sites is 1. The number of rotatable bonds is 3. The van der Waals surface area contributed by atoms with E-state index in [2.05, 4.69) is 75.6 Å². The lowest BCUT2D eigenvalue weighted by Gasteiger charge is -2.35. The van der Waals surface area contributed by atoms with Crippen LogP contribution >= 0.6 is 0 Å². The van der Waals surface area contributed by atoms with Crippen LogP contribution in [0.4, 0.5) is 0 Å². The van der Waals surface area contributed by atoms with Crippen molar-refractivity contribution in [2.24, 2.45) is 4.99 Å². The van der Waals surface area contributed by atoms with Gasteiger partial charge < -0.3 is 15.0 Å². The molecule has 1 N–H and O–H groups in total. The molecule has 0 radical (unpaired) electrons. The molecule has 1 aliphatic heterocycles. The third kappa shape index (κ3) is 3.85. The lowest BCUT2D eigenvalue weighted by atomic mass is 10.0. The lowest BCUT2D eigenvalue weighted by Crippen LogP contribution is -2.48. The largest absolute Gasteiger partial charge is 0.370 e. The number of aromatic nitrogens is 1. The summed E-state index contributed by atoms with van der Waals surface area (Å²) in [4.78, 5) is 11.3. The van der Waals surface area contributed by atoms with E-state index in [1.54, 1.807) is 0 Å². The molecule has 0 saturated carbocycles. The number of nitrogens with zero attached hydrogens (tertiary/aromatic N) is 3. The van der Waals surface area contributed by atoms with Gasteiger partial charge in [0, 0.05) is 31.7 Å². The van der Waals surface area contributed by atoms with Crippen molar-refractivity contribution < 1.29 is 4.74 Å². The minimum absolute atomic E-state index is 0.0627. The van der Waals surface area contributed by atoms with Crippen molar-refractivity contribution in [3.63, 3.8) is 0 Å². The molecule has 3 aromatic rings. The van der Waals surface area contributed by atoms with Gasteiger partial charge >= 0.3 is 0 Å². The monoisotopic (exact) mass is 374 g/mol. The quantitative estimate of drug-likeness (QED) is 0.561. The molecule has 0 aliphatic carbocycles. The molecule has 0 spiro atoms. The topological polar surface area (TPSA) is 49.8 Å². The number of aryl methyl sites for hydroxylation is 1. The second-order valence-corrected chi connectivity index (χ2v) is 7.06. The maximum absolute atomic E-state index is 6.06. The van der Waals surface area contributed by atoms with Gasteiger partial charge in [0.25, 0.3) is 0 Å². The first-order valence-electron chi connectivity index (χ1n) is 9.71. The first-order chi connectivity index (χ1) is 13.8. The molecule has 2 aromatic carbocycles. The summed E-state index contributed by atoms with van der Waals surface area (Å²) in [5.74, 6) is 0.898. The number of ether oxygens (including phenoxy) is 1. The van der Waals surface area contributed by atoms with E-state index in [-0.39, 0.29) is 6.10 Å². The Kier molecular flexibility index (Phi) is 5.53. The smallest absolute Gasteiger partial charge is 0.194 e. The van der Waals surface area contributed by atoms with Crippen LogP contribution in [0.2, 0.25) is 0 Å². The molecule has 1 aliphatic rings. The highest BCUT2D eigenvalue weighted by molar-refractivity contribution is 5.83. The standard InChI is InChI=1S/C23H26N4O/c1-17-7-3-4-11-20(17)21-16-27(13-14-28-21)23(24-2)26-15-19-9-5-8-18-10-6-12-25-22(18)19/h3-12,21H,13-16H2,1-2H3,(H,24,26). The van der Waals surface area contributed by atoms with E-state index < -0.39 is 0 Å². The first-order valence-corrected chi connectivity index (χ1v) is 9.71. The van der Waals surface area contributed by atoms with E-state index in [1.165, 1.54) is 16.7 Å². The Bertz CT molecular complexity index is 980. The first kappa shape index (κ1) is 18.4. The van der Waals surface area contributed by atoms with Gasteiger partial charge in [-0.05, 0) is 29.7 Å². The molecule has 5 nitrogen and oxygen atoms in total. The zero-order chi connectivity index (χ0) is 19.3. The predicted octanol–water partition coefficient (Wildman–Crippen LogP) is 3.69. The number of nitrogens with one attached hydrogen (secondary N) is 1. The van der Waals surface area contributed by atoms with Crippen LogP contribution in [0, 0.1) is 6.92 Å². The highest BCUT2D eigenvalue weighted by Crippen LogP contribution is 2.25. The molecule has 0 amide bonds. The normalized spacial score (nSPS) is 17.7. The summed E-state index contributed by atoms with van der Waals surface area (Å²) >= 11 is 0. The number of pyridine rings is 1. The number of guanidine groups is 1. The third-order valence-corrected chi connectivity index (χ3v) is 5.27. The number of aliphatic imine (C=N–C) groups is 1. The average molecular weight is 374 g/mol. The molecular formula is C23H26N4O. The Morgan fingerprint density at radius 2 is 2.04 bits per heavy atom. The maximum Gasteiger partial charge on any atom is 0.194 e. The second-order valence-electron chi connectivity index (χ2n) is 7.06. The molecule has 1 atom stereocenters. The van der Waals surface area contributed by atoms with Crippen molar-refractivity contribution in [1.29, 1.82) is 0 Å². The van der Waals surface area contributed by atoms with Crippen LogP contribution in [-0.2, 0) is 11.3 Å². The highest BCUT2D eigenvalue weighted by Gasteiger charge is 2.25. The fourth-order valence-electron chi connectivity index (χ4n) is 3.79. The number of hydrogen-bond donors (Lipinski definition) is 1. The van der Waals surface area contributed by atoms with Gasteiger partial charge in [0.1, 0.15) is 6.10 Å². The fraction of sp³-hybridized carbons (Fsp3) is 0.304. The summed E-state index contributed by atoms with van der Waals surface area (Å²) in [6, 6.07) is 18.8. The van der Waals surface area contributed by atoms with Crippen molar-refractivity contribution in [2.75, 3.05) is 26.7 Å². The van der Waals surface area contributed by atoms with Crippen LogP contribution in [0.15, 0.2) is 65.8 Å². The van der Waals surface area contributed by atoms with Gasteiger partial charge in [-0.2, -0.15) is 0 Å². The van der Waals surface area contributed by atoms with E-state index >= 15 is 0 Å². The molecule has 28 heavy (non-hydrogen) atoms. The summed E-state index contributed by atoms with van der Waals surface area (Å²) in [6.45, 7) is 5.13. The van der Waals surface area contributed by atoms with Crippen molar-refractivity contribution >= 4 is 16.9 Å². The molecule has 0 bridgehead atoms. The van der Waals surface area contributed by atoms with Crippen molar-refractivity contribution in [3.05, 3.63) is 77.5 Å². The van der Waals surface area contributed by atoms with Crippen molar-refractivity contribution in [2.45, 2.75) is 19.6 Å². The van der Waals surface area contributed by atoms with Gasteiger partial charge in [0.2, 0.25) is 0 Å². The van der Waals surface area contributed by atoms with Gasteiger partial charge in [0.15, 0.2) is 5.96 Å². The second kappa shape index (κ2) is 8.40. The summed E-state index contributed by atoms with van der Waals surface area (Å²) in [5, 5.41) is 4.67. The number of benzene rings is 2. The van der Waals surface area contributed by atoms with Gasteiger partial charge in [-0.25, -0.2) is 0 Å². The van der Waals surface area contributed by atoms with E-state index in [4.69, 9.17) is 4.74 Å². The highest BCUT2D eigenvalue weighted by atomic mass is 16.5. The zero-order valence-corrected chi connectivity index (χ0v) is 16.4. The predicted molar refractivity (Wildman–Crippen MR) is 113 cm³/mol. The average Bonchev–Trinajstić information content (AvgIpc) is 2.75. The van der Waals surface area contributed by atoms with Crippen LogP contribution in [0.1, 0.15) is 22.8 Å². The van der Waals surface area contributed by atoms with E-state index in [0.29, 0.717) is 13.2 Å². The lowest BCUT2D eigenvalue weighted by molar-refractivity contribution is -0.00833. The summed E-state index contributed by atoms with van der Waals surface area (Å²) in [6.07, 6.45) is 1.91. The Balaban J connectivity index is 1.47. The summed E-state index contributed by atoms with van der Waals surface area (Å²) < 4.78 is 6.06. The van der Waals surface area contributed by atoms with Gasteiger partial charge in [-0.1, -0.05) is 48.5 Å². The Hall–Kier alpha value is -2.92. The van der Waals surface area contributed by atoms with Gasteiger partial charge in [0.05, 0.1) is 18.7 Å². The fourth-order valence-corrected chi connectivity index (χ4v) is 3.79. The van der Waals surface area contributed by atoms with E-state index in [1.807, 2.05) is 19.3 Å². The van der Waals surface area contributed by atoms with Crippen LogP contribution in [0.3, 0.4) is 0 Å². The Morgan fingerprint density at radius 3 is 2.89 bits per heavy atom. The zero-order valence-electron chi connectivity index (χ0n) is 16.4. The van der Waals surface area contributed by atoms with Crippen LogP contribution in [0.25, 0.3) is 10.9 Å². The molecule has 2 heterocycles. The van der Waals surface area contributed by atoms with Crippen LogP contribution in [-0.4, -0.2) is 42.6 Å². The molecule has 1 fully saturated rings.